The number of halogens is 2. The van der Waals surface area contributed by atoms with Gasteiger partial charge in [0.1, 0.15) is 0 Å². The Morgan fingerprint density at radius 1 is 1.69 bits per heavy atom. The van der Waals surface area contributed by atoms with Gasteiger partial charge in [-0.05, 0) is 47.4 Å². The molecule has 16 heavy (non-hydrogen) atoms. The molecule has 2 rings (SSSR count). The molecule has 1 aromatic rings. The fourth-order valence-corrected chi connectivity index (χ4v) is 4.29. The van der Waals surface area contributed by atoms with Gasteiger partial charge in [-0.1, -0.05) is 15.9 Å². The van der Waals surface area contributed by atoms with Crippen LogP contribution in [-0.2, 0) is 0 Å². The van der Waals surface area contributed by atoms with Crippen molar-refractivity contribution in [1.29, 1.82) is 0 Å². The molecule has 0 bridgehead atoms. The summed E-state index contributed by atoms with van der Waals surface area (Å²) in [6.07, 6.45) is 2.39. The summed E-state index contributed by atoms with van der Waals surface area (Å²) in [5.74, 6) is 0.827. The van der Waals surface area contributed by atoms with E-state index in [4.69, 9.17) is 0 Å². The highest BCUT2D eigenvalue weighted by Crippen LogP contribution is 2.33. The van der Waals surface area contributed by atoms with Gasteiger partial charge in [-0.25, -0.2) is 0 Å². The first-order chi connectivity index (χ1) is 7.56. The van der Waals surface area contributed by atoms with Crippen molar-refractivity contribution in [2.75, 3.05) is 13.6 Å². The zero-order valence-electron chi connectivity index (χ0n) is 8.95. The van der Waals surface area contributed by atoms with Gasteiger partial charge in [0.15, 0.2) is 0 Å². The van der Waals surface area contributed by atoms with Gasteiger partial charge in [0.25, 0.3) is 5.91 Å². The summed E-state index contributed by atoms with van der Waals surface area (Å²) in [7, 11) is 1.90. The fourth-order valence-electron chi connectivity index (χ4n) is 1.92. The van der Waals surface area contributed by atoms with Crippen molar-refractivity contribution in [3.8, 4) is 0 Å². The third-order valence-corrected chi connectivity index (χ3v) is 5.41. The number of hydrogen-bond donors (Lipinski definition) is 0. The summed E-state index contributed by atoms with van der Waals surface area (Å²) in [6, 6.07) is 1.96. The first-order valence-electron chi connectivity index (χ1n) is 5.20. The second-order valence-corrected chi connectivity index (χ2v) is 8.36. The van der Waals surface area contributed by atoms with Crippen LogP contribution in [0.3, 0.4) is 0 Å². The van der Waals surface area contributed by atoms with E-state index in [0.29, 0.717) is 10.7 Å². The van der Waals surface area contributed by atoms with E-state index >= 15 is 0 Å². The summed E-state index contributed by atoms with van der Waals surface area (Å²) in [5.41, 5.74) is 0.826. The summed E-state index contributed by atoms with van der Waals surface area (Å²) >= 11 is 7.44. The second-order valence-electron chi connectivity index (χ2n) is 4.26. The molecule has 5 heteroatoms. The van der Waals surface area contributed by atoms with Crippen molar-refractivity contribution < 1.29 is 4.79 Å². The Bertz CT molecular complexity index is 389. The molecule has 0 N–H and O–H groups in total. The number of amides is 1. The van der Waals surface area contributed by atoms with E-state index in [9.17, 15) is 4.79 Å². The molecule has 1 aliphatic carbocycles. The second kappa shape index (κ2) is 5.35. The Morgan fingerprint density at radius 3 is 2.88 bits per heavy atom. The summed E-state index contributed by atoms with van der Waals surface area (Å²) < 4.78 is 1.17. The summed E-state index contributed by atoms with van der Waals surface area (Å²) in [6.45, 7) is 0.882. The number of alkyl halides is 1. The SMILES string of the molecule is CN(CC1CC(Br)C1)C(=O)c1csc(I)c1. The lowest BCUT2D eigenvalue weighted by Crippen LogP contribution is -2.37. The van der Waals surface area contributed by atoms with Crippen LogP contribution in [0.4, 0.5) is 0 Å². The molecule has 1 saturated carbocycles. The van der Waals surface area contributed by atoms with Gasteiger partial charge in [0.05, 0.1) is 8.45 Å². The number of carbonyl (C=O) groups excluding carboxylic acids is 1. The predicted octanol–water partition coefficient (Wildman–Crippen LogP) is 3.60. The van der Waals surface area contributed by atoms with Crippen molar-refractivity contribution in [3.63, 3.8) is 0 Å². The molecule has 0 aromatic carbocycles. The van der Waals surface area contributed by atoms with E-state index < -0.39 is 0 Å². The van der Waals surface area contributed by atoms with Crippen LogP contribution in [0.2, 0.25) is 0 Å². The lowest BCUT2D eigenvalue weighted by molar-refractivity contribution is 0.0749. The molecular formula is C11H13BrINOS. The normalized spacial score (nSPS) is 23.9. The predicted molar refractivity (Wildman–Crippen MR) is 79.4 cm³/mol. The summed E-state index contributed by atoms with van der Waals surface area (Å²) in [4.78, 5) is 14.6. The summed E-state index contributed by atoms with van der Waals surface area (Å²) in [5, 5.41) is 1.94. The molecule has 0 aliphatic heterocycles. The van der Waals surface area contributed by atoms with Crippen LogP contribution in [-0.4, -0.2) is 29.2 Å². The molecule has 1 aliphatic rings. The van der Waals surface area contributed by atoms with Gasteiger partial charge in [0, 0.05) is 23.8 Å². The van der Waals surface area contributed by atoms with Crippen LogP contribution < -0.4 is 0 Å². The zero-order chi connectivity index (χ0) is 11.7. The maximum atomic E-state index is 12.0. The van der Waals surface area contributed by atoms with Crippen molar-refractivity contribution in [2.24, 2.45) is 5.92 Å². The van der Waals surface area contributed by atoms with Crippen molar-refractivity contribution in [1.82, 2.24) is 4.90 Å². The van der Waals surface area contributed by atoms with Crippen LogP contribution in [0, 0.1) is 8.80 Å². The smallest absolute Gasteiger partial charge is 0.254 e. The number of hydrogen-bond acceptors (Lipinski definition) is 2. The molecule has 1 amide bonds. The van der Waals surface area contributed by atoms with Gasteiger partial charge >= 0.3 is 0 Å². The monoisotopic (exact) mass is 413 g/mol. The van der Waals surface area contributed by atoms with Crippen LogP contribution in [0.1, 0.15) is 23.2 Å². The average Bonchev–Trinajstić information content (AvgIpc) is 2.61. The molecular weight excluding hydrogens is 401 g/mol. The molecule has 88 valence electrons. The molecule has 0 spiro atoms. The Kier molecular flexibility index (Phi) is 4.29. The van der Waals surface area contributed by atoms with E-state index in [1.165, 1.54) is 15.7 Å². The molecule has 1 heterocycles. The van der Waals surface area contributed by atoms with Gasteiger partial charge in [-0.15, -0.1) is 11.3 Å². The van der Waals surface area contributed by atoms with E-state index in [1.54, 1.807) is 11.3 Å². The first kappa shape index (κ1) is 12.8. The first-order valence-corrected chi connectivity index (χ1v) is 8.07. The Labute approximate surface area is 122 Å². The van der Waals surface area contributed by atoms with E-state index in [-0.39, 0.29) is 5.91 Å². The van der Waals surface area contributed by atoms with Crippen molar-refractivity contribution in [3.05, 3.63) is 19.9 Å². The third-order valence-electron chi connectivity index (χ3n) is 2.87. The maximum Gasteiger partial charge on any atom is 0.254 e. The van der Waals surface area contributed by atoms with Gasteiger partial charge < -0.3 is 4.90 Å². The van der Waals surface area contributed by atoms with Gasteiger partial charge in [-0.2, -0.15) is 0 Å². The number of rotatable bonds is 3. The topological polar surface area (TPSA) is 20.3 Å². The van der Waals surface area contributed by atoms with Crippen LogP contribution >= 0.6 is 49.9 Å². The molecule has 1 fully saturated rings. The molecule has 1 aromatic heterocycles. The van der Waals surface area contributed by atoms with Crippen LogP contribution in [0.5, 0.6) is 0 Å². The molecule has 0 saturated heterocycles. The highest BCUT2D eigenvalue weighted by atomic mass is 127. The van der Waals surface area contributed by atoms with Crippen molar-refractivity contribution in [2.45, 2.75) is 17.7 Å². The standard InChI is InChI=1S/C11H13BrINOS/c1-14(5-7-2-9(12)3-7)11(15)8-4-10(13)16-6-8/h4,6-7,9H,2-3,5H2,1H3. The van der Waals surface area contributed by atoms with Gasteiger partial charge in [0.2, 0.25) is 0 Å². The number of nitrogens with zero attached hydrogens (tertiary/aromatic N) is 1. The van der Waals surface area contributed by atoms with Crippen molar-refractivity contribution >= 4 is 55.8 Å². The highest BCUT2D eigenvalue weighted by Gasteiger charge is 2.29. The Hall–Kier alpha value is 0.380. The highest BCUT2D eigenvalue weighted by molar-refractivity contribution is 14.1. The Morgan fingerprint density at radius 2 is 2.38 bits per heavy atom. The molecule has 0 unspecified atom stereocenters. The average molecular weight is 414 g/mol. The molecule has 0 radical (unpaired) electrons. The largest absolute Gasteiger partial charge is 0.341 e. The Balaban J connectivity index is 1.89. The minimum Gasteiger partial charge on any atom is -0.341 e. The lowest BCUT2D eigenvalue weighted by atomic mass is 9.85. The number of thiophene rings is 1. The molecule has 2 nitrogen and oxygen atoms in total. The van der Waals surface area contributed by atoms with Crippen LogP contribution in [0.15, 0.2) is 11.4 Å². The maximum absolute atomic E-state index is 12.0. The van der Waals surface area contributed by atoms with E-state index in [0.717, 1.165) is 12.1 Å². The zero-order valence-corrected chi connectivity index (χ0v) is 13.5. The lowest BCUT2D eigenvalue weighted by Gasteiger charge is -2.34. The molecule has 0 atom stereocenters. The number of carbonyl (C=O) groups is 1. The van der Waals surface area contributed by atoms with E-state index in [1.807, 2.05) is 23.4 Å². The van der Waals surface area contributed by atoms with E-state index in [2.05, 4.69) is 38.5 Å². The minimum atomic E-state index is 0.150. The van der Waals surface area contributed by atoms with Gasteiger partial charge in [-0.3, -0.25) is 4.79 Å². The van der Waals surface area contributed by atoms with Crippen LogP contribution in [0.25, 0.3) is 0 Å². The fraction of sp³-hybridized carbons (Fsp3) is 0.545. The third kappa shape index (κ3) is 2.98. The quantitative estimate of drug-likeness (QED) is 0.547. The minimum absolute atomic E-state index is 0.150.